The molecule has 0 fully saturated rings. The van der Waals surface area contributed by atoms with Crippen LogP contribution in [0.1, 0.15) is 38.8 Å². The maximum Gasteiger partial charge on any atom is 0.195 e. The molecule has 0 aliphatic heterocycles. The number of Topliss-reactive ketones (excluding diaryl/α,β-unsaturated/α-hetero) is 2. The lowest BCUT2D eigenvalue weighted by Crippen LogP contribution is -2.16. The molecule has 0 aromatic heterocycles. The number of ether oxygens (including phenoxy) is 2. The Bertz CT molecular complexity index is 946. The van der Waals surface area contributed by atoms with Crippen LogP contribution in [-0.2, 0) is 15.0 Å². The first-order chi connectivity index (χ1) is 13.6. The van der Waals surface area contributed by atoms with Gasteiger partial charge in [-0.1, -0.05) is 39.1 Å². The predicted octanol–water partition coefficient (Wildman–Crippen LogP) is 5.04. The fourth-order valence-electron chi connectivity index (χ4n) is 3.42. The first-order valence-electron chi connectivity index (χ1n) is 9.53. The molecule has 2 aromatic rings. The van der Waals surface area contributed by atoms with Crippen molar-refractivity contribution in [3.05, 3.63) is 71.8 Å². The summed E-state index contributed by atoms with van der Waals surface area (Å²) in [6.07, 6.45) is 0. The highest BCUT2D eigenvalue weighted by molar-refractivity contribution is 5.95. The van der Waals surface area contributed by atoms with Gasteiger partial charge in [0.15, 0.2) is 24.8 Å². The molecule has 0 atom stereocenters. The normalized spacial score (nSPS) is 13.2. The molecule has 0 unspecified atom stereocenters. The monoisotopic (exact) mass is 390 g/mol. The molecule has 1 aliphatic rings. The van der Waals surface area contributed by atoms with Gasteiger partial charge in [0.2, 0.25) is 0 Å². The molecule has 4 heteroatoms. The summed E-state index contributed by atoms with van der Waals surface area (Å²) in [4.78, 5) is 23.6. The van der Waals surface area contributed by atoms with Gasteiger partial charge >= 0.3 is 0 Å². The minimum Gasteiger partial charge on any atom is -0.485 e. The van der Waals surface area contributed by atoms with E-state index >= 15 is 0 Å². The molecule has 0 heterocycles. The number of ketones is 2. The predicted molar refractivity (Wildman–Crippen MR) is 115 cm³/mol. The van der Waals surface area contributed by atoms with Gasteiger partial charge in [-0.15, -0.1) is 0 Å². The molecule has 150 valence electrons. The molecule has 0 N–H and O–H groups in total. The standard InChI is InChI=1S/C25H26O4/c1-15(2)23(26)13-28-17-7-9-19-20-10-8-18(29-14-24(27)16(3)4)12-22(20)25(5,6)21(19)11-17/h7-12H,1,3,13-14H2,2,4-6H3. The van der Waals surface area contributed by atoms with E-state index in [-0.39, 0.29) is 30.2 Å². The lowest BCUT2D eigenvalue weighted by Gasteiger charge is -2.22. The Labute approximate surface area is 171 Å². The molecule has 1 aliphatic carbocycles. The molecule has 0 saturated heterocycles. The zero-order valence-electron chi connectivity index (χ0n) is 17.4. The Kier molecular flexibility index (Phi) is 5.47. The fraction of sp³-hybridized carbons (Fsp3) is 0.280. The van der Waals surface area contributed by atoms with E-state index in [1.54, 1.807) is 13.8 Å². The molecule has 0 spiro atoms. The van der Waals surface area contributed by atoms with E-state index in [9.17, 15) is 9.59 Å². The van der Waals surface area contributed by atoms with Gasteiger partial charge in [0.25, 0.3) is 0 Å². The molecule has 0 radical (unpaired) electrons. The minimum atomic E-state index is -0.264. The number of hydrogen-bond acceptors (Lipinski definition) is 4. The number of benzene rings is 2. The molecule has 2 aromatic carbocycles. The van der Waals surface area contributed by atoms with Crippen LogP contribution < -0.4 is 9.47 Å². The largest absolute Gasteiger partial charge is 0.485 e. The third kappa shape index (κ3) is 4.02. The molecule has 3 rings (SSSR count). The van der Waals surface area contributed by atoms with Crippen molar-refractivity contribution in [3.8, 4) is 22.6 Å². The summed E-state index contributed by atoms with van der Waals surface area (Å²) in [6, 6.07) is 11.8. The first-order valence-corrected chi connectivity index (χ1v) is 9.53. The zero-order valence-corrected chi connectivity index (χ0v) is 17.4. The van der Waals surface area contributed by atoms with Gasteiger partial charge in [-0.25, -0.2) is 0 Å². The molecule has 29 heavy (non-hydrogen) atoms. The van der Waals surface area contributed by atoms with Gasteiger partial charge in [-0.3, -0.25) is 9.59 Å². The SMILES string of the molecule is C=C(C)C(=O)COc1ccc2c(c1)C(C)(C)c1cc(OCC(=O)C(=C)C)ccc1-2. The van der Waals surface area contributed by atoms with Crippen LogP contribution in [-0.4, -0.2) is 24.8 Å². The third-order valence-corrected chi connectivity index (χ3v) is 5.31. The van der Waals surface area contributed by atoms with Gasteiger partial charge < -0.3 is 9.47 Å². The number of hydrogen-bond donors (Lipinski definition) is 0. The van der Waals surface area contributed by atoms with Crippen molar-refractivity contribution in [1.29, 1.82) is 0 Å². The van der Waals surface area contributed by atoms with Crippen LogP contribution >= 0.6 is 0 Å². The fourth-order valence-corrected chi connectivity index (χ4v) is 3.42. The lowest BCUT2D eigenvalue weighted by molar-refractivity contribution is -0.118. The van der Waals surface area contributed by atoms with E-state index in [2.05, 4.69) is 27.0 Å². The average Bonchev–Trinajstić information content (AvgIpc) is 2.90. The Morgan fingerprint density at radius 3 is 1.52 bits per heavy atom. The van der Waals surface area contributed by atoms with E-state index < -0.39 is 0 Å². The number of rotatable bonds is 8. The van der Waals surface area contributed by atoms with Crippen molar-refractivity contribution < 1.29 is 19.1 Å². The highest BCUT2D eigenvalue weighted by Gasteiger charge is 2.36. The van der Waals surface area contributed by atoms with Gasteiger partial charge in [0, 0.05) is 5.41 Å². The smallest absolute Gasteiger partial charge is 0.195 e. The van der Waals surface area contributed by atoms with Crippen LogP contribution in [0.15, 0.2) is 60.7 Å². The van der Waals surface area contributed by atoms with Gasteiger partial charge in [-0.2, -0.15) is 0 Å². The molecular weight excluding hydrogens is 364 g/mol. The van der Waals surface area contributed by atoms with Gasteiger partial charge in [-0.05, 0) is 71.5 Å². The van der Waals surface area contributed by atoms with Crippen LogP contribution in [0.4, 0.5) is 0 Å². The summed E-state index contributed by atoms with van der Waals surface area (Å²) >= 11 is 0. The second-order valence-electron chi connectivity index (χ2n) is 8.02. The van der Waals surface area contributed by atoms with Crippen LogP contribution in [0, 0.1) is 0 Å². The van der Waals surface area contributed by atoms with Crippen molar-refractivity contribution in [2.45, 2.75) is 33.1 Å². The van der Waals surface area contributed by atoms with Crippen molar-refractivity contribution in [3.63, 3.8) is 0 Å². The van der Waals surface area contributed by atoms with Crippen LogP contribution in [0.25, 0.3) is 11.1 Å². The quantitative estimate of drug-likeness (QED) is 0.593. The Balaban J connectivity index is 1.85. The third-order valence-electron chi connectivity index (χ3n) is 5.31. The zero-order chi connectivity index (χ0) is 21.3. The molecule has 0 amide bonds. The summed E-state index contributed by atoms with van der Waals surface area (Å²) in [7, 11) is 0. The van der Waals surface area contributed by atoms with Crippen molar-refractivity contribution in [1.82, 2.24) is 0 Å². The van der Waals surface area contributed by atoms with E-state index in [1.807, 2.05) is 36.4 Å². The van der Waals surface area contributed by atoms with Gasteiger partial charge in [0.1, 0.15) is 11.5 Å². The second-order valence-corrected chi connectivity index (χ2v) is 8.02. The van der Waals surface area contributed by atoms with Crippen molar-refractivity contribution >= 4 is 11.6 Å². The average molecular weight is 390 g/mol. The summed E-state index contributed by atoms with van der Waals surface area (Å²) in [6.45, 7) is 14.9. The number of fused-ring (bicyclic) bond motifs is 3. The van der Waals surface area contributed by atoms with Crippen LogP contribution in [0.3, 0.4) is 0 Å². The van der Waals surface area contributed by atoms with Crippen LogP contribution in [0.2, 0.25) is 0 Å². The van der Waals surface area contributed by atoms with Crippen LogP contribution in [0.5, 0.6) is 11.5 Å². The van der Waals surface area contributed by atoms with E-state index in [0.29, 0.717) is 22.6 Å². The van der Waals surface area contributed by atoms with E-state index in [0.717, 1.165) is 22.3 Å². The Morgan fingerprint density at radius 1 is 0.793 bits per heavy atom. The molecular formula is C25H26O4. The molecule has 0 bridgehead atoms. The number of carbonyl (C=O) groups is 2. The molecule has 4 nitrogen and oxygen atoms in total. The summed E-state index contributed by atoms with van der Waals surface area (Å²) in [5, 5.41) is 0. The Morgan fingerprint density at radius 2 is 1.17 bits per heavy atom. The van der Waals surface area contributed by atoms with Gasteiger partial charge in [0.05, 0.1) is 0 Å². The summed E-state index contributed by atoms with van der Waals surface area (Å²) in [5.74, 6) is 1.09. The number of carbonyl (C=O) groups excluding carboxylic acids is 2. The van der Waals surface area contributed by atoms with E-state index in [4.69, 9.17) is 9.47 Å². The Hall–Kier alpha value is -3.14. The highest BCUT2D eigenvalue weighted by Crippen LogP contribution is 2.50. The molecule has 0 saturated carbocycles. The summed E-state index contributed by atoms with van der Waals surface area (Å²) < 4.78 is 11.4. The maximum absolute atomic E-state index is 11.8. The highest BCUT2D eigenvalue weighted by atomic mass is 16.5. The summed E-state index contributed by atoms with van der Waals surface area (Å²) in [5.41, 5.74) is 5.22. The van der Waals surface area contributed by atoms with Crippen molar-refractivity contribution in [2.75, 3.05) is 13.2 Å². The van der Waals surface area contributed by atoms with E-state index in [1.165, 1.54) is 0 Å². The first kappa shape index (κ1) is 20.6. The maximum atomic E-state index is 11.8. The van der Waals surface area contributed by atoms with Crippen molar-refractivity contribution in [2.24, 2.45) is 0 Å². The second kappa shape index (κ2) is 7.70. The topological polar surface area (TPSA) is 52.6 Å². The lowest BCUT2D eigenvalue weighted by atomic mass is 9.82. The minimum absolute atomic E-state index is 0.0176.